The van der Waals surface area contributed by atoms with Gasteiger partial charge in [-0.05, 0) is 32.6 Å². The van der Waals surface area contributed by atoms with E-state index >= 15 is 0 Å². The lowest BCUT2D eigenvalue weighted by Gasteiger charge is -2.16. The molecule has 2 saturated heterocycles. The first-order valence-corrected chi connectivity index (χ1v) is 6.27. The second-order valence-electron chi connectivity index (χ2n) is 4.46. The molecule has 0 saturated carbocycles. The molecule has 0 amide bonds. The van der Waals surface area contributed by atoms with Gasteiger partial charge in [-0.15, -0.1) is 11.6 Å². The minimum atomic E-state index is 0.0755. The van der Waals surface area contributed by atoms with E-state index in [4.69, 9.17) is 16.4 Å². The fourth-order valence-corrected chi connectivity index (χ4v) is 2.94. The number of ketones is 1. The highest BCUT2D eigenvalue weighted by atomic mass is 35.5. The summed E-state index contributed by atoms with van der Waals surface area (Å²) in [5, 5.41) is 2.02. The predicted octanol–water partition coefficient (Wildman–Crippen LogP) is 1.99. The number of fused-ring (bicyclic) bond motifs is 1. The molecule has 0 N–H and O–H groups in total. The van der Waals surface area contributed by atoms with Gasteiger partial charge in [0.25, 0.3) is 0 Å². The number of halogens is 1. The maximum Gasteiger partial charge on any atom is 0.137 e. The zero-order valence-corrected chi connectivity index (χ0v) is 9.87. The van der Waals surface area contributed by atoms with Gasteiger partial charge >= 0.3 is 0 Å². The smallest absolute Gasteiger partial charge is 0.137 e. The highest BCUT2D eigenvalue weighted by Crippen LogP contribution is 2.37. The Labute approximate surface area is 95.7 Å². The molecule has 86 valence electrons. The first-order chi connectivity index (χ1) is 7.24. The minimum absolute atomic E-state index is 0.0755. The van der Waals surface area contributed by atoms with Crippen molar-refractivity contribution in [1.29, 1.82) is 0 Å². The first-order valence-electron chi connectivity index (χ1n) is 5.74. The fraction of sp³-hybridized carbons (Fsp3) is 0.909. The summed E-state index contributed by atoms with van der Waals surface area (Å²) in [6.45, 7) is 2.66. The van der Waals surface area contributed by atoms with Crippen molar-refractivity contribution < 1.29 is 9.63 Å². The van der Waals surface area contributed by atoms with Crippen molar-refractivity contribution >= 4 is 17.4 Å². The molecule has 2 fully saturated rings. The second-order valence-corrected chi connectivity index (χ2v) is 4.84. The highest BCUT2D eigenvalue weighted by Gasteiger charge is 2.47. The van der Waals surface area contributed by atoms with Crippen LogP contribution in [0, 0.1) is 5.92 Å². The van der Waals surface area contributed by atoms with Gasteiger partial charge in [0.05, 0.1) is 12.0 Å². The summed E-state index contributed by atoms with van der Waals surface area (Å²) in [6, 6.07) is 0.336. The maximum absolute atomic E-state index is 11.6. The molecule has 2 aliphatic heterocycles. The Kier molecular flexibility index (Phi) is 3.65. The van der Waals surface area contributed by atoms with Crippen LogP contribution >= 0.6 is 11.6 Å². The molecule has 2 heterocycles. The van der Waals surface area contributed by atoms with E-state index in [0.29, 0.717) is 11.9 Å². The Bertz CT molecular complexity index is 247. The lowest BCUT2D eigenvalue weighted by molar-refractivity contribution is -0.150. The number of rotatable bonds is 4. The van der Waals surface area contributed by atoms with Crippen molar-refractivity contribution in [3.63, 3.8) is 0 Å². The molecule has 0 radical (unpaired) electrons. The third-order valence-electron chi connectivity index (χ3n) is 3.43. The summed E-state index contributed by atoms with van der Waals surface area (Å²) < 4.78 is 0. The van der Waals surface area contributed by atoms with E-state index in [1.807, 2.05) is 5.06 Å². The van der Waals surface area contributed by atoms with Gasteiger partial charge in [-0.3, -0.25) is 9.63 Å². The van der Waals surface area contributed by atoms with Crippen molar-refractivity contribution in [3.05, 3.63) is 0 Å². The van der Waals surface area contributed by atoms with Crippen molar-refractivity contribution in [2.75, 3.05) is 12.4 Å². The third-order valence-corrected chi connectivity index (χ3v) is 3.69. The molecule has 0 aromatic carbocycles. The highest BCUT2D eigenvalue weighted by molar-refractivity contribution is 6.17. The van der Waals surface area contributed by atoms with Gasteiger partial charge in [0, 0.05) is 18.5 Å². The zero-order chi connectivity index (χ0) is 10.8. The van der Waals surface area contributed by atoms with Crippen LogP contribution < -0.4 is 0 Å². The molecule has 2 rings (SSSR count). The molecule has 0 aliphatic carbocycles. The van der Waals surface area contributed by atoms with Crippen LogP contribution in [0.3, 0.4) is 0 Å². The number of carbonyl (C=O) groups is 1. The number of hydrogen-bond acceptors (Lipinski definition) is 3. The number of nitrogens with zero attached hydrogens (tertiary/aromatic N) is 1. The topological polar surface area (TPSA) is 29.5 Å². The van der Waals surface area contributed by atoms with E-state index in [9.17, 15) is 4.79 Å². The molecule has 0 aromatic heterocycles. The lowest BCUT2D eigenvalue weighted by Crippen LogP contribution is -2.31. The van der Waals surface area contributed by atoms with Crippen molar-refractivity contribution in [2.45, 2.75) is 44.8 Å². The standard InChI is InChI=1S/C11H18ClNO2/c1-8(14)11-9-4-3-7-13(9)15-10(11)5-2-6-12/h9-11H,2-7H2,1H3/t9-,10+,11-/m0/s1. The van der Waals surface area contributed by atoms with Crippen LogP contribution in [0.15, 0.2) is 0 Å². The van der Waals surface area contributed by atoms with Crippen LogP contribution in [-0.4, -0.2) is 35.4 Å². The number of hydrogen-bond donors (Lipinski definition) is 0. The van der Waals surface area contributed by atoms with Crippen LogP contribution in [0.4, 0.5) is 0 Å². The second kappa shape index (κ2) is 4.81. The predicted molar refractivity (Wildman–Crippen MR) is 58.7 cm³/mol. The van der Waals surface area contributed by atoms with Gasteiger partial charge in [-0.2, -0.15) is 5.06 Å². The number of alkyl halides is 1. The van der Waals surface area contributed by atoms with Gasteiger partial charge < -0.3 is 0 Å². The fourth-order valence-electron chi connectivity index (χ4n) is 2.79. The number of carbonyl (C=O) groups excluding carboxylic acids is 1. The normalized spacial score (nSPS) is 35.7. The molecule has 4 heteroatoms. The first kappa shape index (κ1) is 11.4. The van der Waals surface area contributed by atoms with Crippen LogP contribution in [-0.2, 0) is 9.63 Å². The molecular weight excluding hydrogens is 214 g/mol. The largest absolute Gasteiger partial charge is 0.300 e. The molecule has 15 heavy (non-hydrogen) atoms. The molecule has 3 nitrogen and oxygen atoms in total. The van der Waals surface area contributed by atoms with E-state index in [2.05, 4.69) is 0 Å². The summed E-state index contributed by atoms with van der Waals surface area (Å²) in [5.41, 5.74) is 0. The van der Waals surface area contributed by atoms with E-state index in [-0.39, 0.29) is 17.8 Å². The van der Waals surface area contributed by atoms with Crippen LogP contribution in [0.25, 0.3) is 0 Å². The Balaban J connectivity index is 2.02. The molecule has 0 spiro atoms. The van der Waals surface area contributed by atoms with Crippen LogP contribution in [0.1, 0.15) is 32.6 Å². The average molecular weight is 232 g/mol. The summed E-state index contributed by atoms with van der Waals surface area (Å²) in [7, 11) is 0. The Morgan fingerprint density at radius 1 is 1.60 bits per heavy atom. The third kappa shape index (κ3) is 2.19. The monoisotopic (exact) mass is 231 g/mol. The van der Waals surface area contributed by atoms with Crippen molar-refractivity contribution in [3.8, 4) is 0 Å². The molecule has 0 bridgehead atoms. The van der Waals surface area contributed by atoms with E-state index in [1.165, 1.54) is 0 Å². The van der Waals surface area contributed by atoms with E-state index in [0.717, 1.165) is 32.2 Å². The van der Waals surface area contributed by atoms with Crippen molar-refractivity contribution in [1.82, 2.24) is 5.06 Å². The minimum Gasteiger partial charge on any atom is -0.300 e. The molecule has 3 atom stereocenters. The summed E-state index contributed by atoms with van der Waals surface area (Å²) >= 11 is 5.67. The molecular formula is C11H18ClNO2. The zero-order valence-electron chi connectivity index (χ0n) is 9.12. The van der Waals surface area contributed by atoms with Gasteiger partial charge in [-0.1, -0.05) is 0 Å². The van der Waals surface area contributed by atoms with E-state index in [1.54, 1.807) is 6.92 Å². The van der Waals surface area contributed by atoms with Crippen molar-refractivity contribution in [2.24, 2.45) is 5.92 Å². The van der Waals surface area contributed by atoms with Gasteiger partial charge in [0.15, 0.2) is 0 Å². The van der Waals surface area contributed by atoms with Crippen LogP contribution in [0.5, 0.6) is 0 Å². The summed E-state index contributed by atoms with van der Waals surface area (Å²) in [4.78, 5) is 17.4. The quantitative estimate of drug-likeness (QED) is 0.693. The number of Topliss-reactive ketones (excluding diaryl/α,β-unsaturated/α-hetero) is 1. The SMILES string of the molecule is CC(=O)[C@@H]1[C@@H](CCCCl)ON2CCC[C@@H]12. The Hall–Kier alpha value is -0.120. The Morgan fingerprint density at radius 3 is 3.07 bits per heavy atom. The van der Waals surface area contributed by atoms with Crippen LogP contribution in [0.2, 0.25) is 0 Å². The Morgan fingerprint density at radius 2 is 2.40 bits per heavy atom. The average Bonchev–Trinajstić information content (AvgIpc) is 2.72. The molecule has 2 aliphatic rings. The molecule has 0 aromatic rings. The molecule has 0 unspecified atom stereocenters. The summed E-state index contributed by atoms with van der Waals surface area (Å²) in [5.74, 6) is 0.995. The van der Waals surface area contributed by atoms with Gasteiger partial charge in [-0.25, -0.2) is 0 Å². The summed E-state index contributed by atoms with van der Waals surface area (Å²) in [6.07, 6.45) is 4.15. The van der Waals surface area contributed by atoms with Gasteiger partial charge in [0.1, 0.15) is 5.78 Å². The maximum atomic E-state index is 11.6. The van der Waals surface area contributed by atoms with Gasteiger partial charge in [0.2, 0.25) is 0 Å². The number of hydroxylamine groups is 2. The lowest BCUT2D eigenvalue weighted by atomic mass is 9.88. The van der Waals surface area contributed by atoms with E-state index < -0.39 is 0 Å².